The van der Waals surface area contributed by atoms with Gasteiger partial charge in [-0.15, -0.1) is 0 Å². The first-order chi connectivity index (χ1) is 13.0. The lowest BCUT2D eigenvalue weighted by Gasteiger charge is -2.14. The van der Waals surface area contributed by atoms with Crippen molar-refractivity contribution in [3.05, 3.63) is 53.6 Å². The second kappa shape index (κ2) is 8.20. The standard InChI is InChI=1S/C19H20F3N3O2/c1-23-18(24-12-13-4-2-5-14(10-13)19(20,21)22)25-15-6-7-16-17(11-15)27-9-3-8-26-16/h2,4-7,10-11H,3,8-9,12H2,1H3,(H2,23,24,25). The van der Waals surface area contributed by atoms with Crippen LogP contribution in [0.25, 0.3) is 0 Å². The van der Waals surface area contributed by atoms with Crippen LogP contribution in [-0.4, -0.2) is 26.2 Å². The summed E-state index contributed by atoms with van der Waals surface area (Å²) in [6.45, 7) is 1.40. The Kier molecular flexibility index (Phi) is 5.73. The number of hydrogen-bond donors (Lipinski definition) is 2. The molecule has 2 aromatic carbocycles. The molecule has 0 unspecified atom stereocenters. The first-order valence-corrected chi connectivity index (χ1v) is 8.49. The van der Waals surface area contributed by atoms with Crippen LogP contribution in [0.4, 0.5) is 18.9 Å². The van der Waals surface area contributed by atoms with Crippen LogP contribution in [0.5, 0.6) is 11.5 Å². The first kappa shape index (κ1) is 18.9. The third-order valence-corrected chi connectivity index (χ3v) is 3.95. The molecule has 5 nitrogen and oxygen atoms in total. The van der Waals surface area contributed by atoms with Crippen LogP contribution >= 0.6 is 0 Å². The molecule has 8 heteroatoms. The second-order valence-electron chi connectivity index (χ2n) is 5.96. The number of benzene rings is 2. The van der Waals surface area contributed by atoms with Gasteiger partial charge in [-0.3, -0.25) is 4.99 Å². The zero-order valence-electron chi connectivity index (χ0n) is 14.8. The van der Waals surface area contributed by atoms with E-state index >= 15 is 0 Å². The van der Waals surface area contributed by atoms with Crippen molar-refractivity contribution in [1.82, 2.24) is 5.32 Å². The molecule has 0 saturated carbocycles. The normalized spacial score (nSPS) is 14.4. The average molecular weight is 379 g/mol. The van der Waals surface area contributed by atoms with Crippen molar-refractivity contribution in [3.63, 3.8) is 0 Å². The predicted molar refractivity (Wildman–Crippen MR) is 97.3 cm³/mol. The molecule has 0 fully saturated rings. The van der Waals surface area contributed by atoms with Crippen LogP contribution in [0.3, 0.4) is 0 Å². The maximum atomic E-state index is 12.8. The molecule has 1 heterocycles. The second-order valence-corrected chi connectivity index (χ2v) is 5.96. The fraction of sp³-hybridized carbons (Fsp3) is 0.316. The van der Waals surface area contributed by atoms with Crippen LogP contribution in [0.1, 0.15) is 17.5 Å². The van der Waals surface area contributed by atoms with E-state index in [1.54, 1.807) is 19.2 Å². The number of halogens is 3. The highest BCUT2D eigenvalue weighted by atomic mass is 19.4. The van der Waals surface area contributed by atoms with E-state index in [4.69, 9.17) is 9.47 Å². The molecule has 0 aliphatic carbocycles. The van der Waals surface area contributed by atoms with Gasteiger partial charge in [-0.05, 0) is 29.8 Å². The van der Waals surface area contributed by atoms with Gasteiger partial charge in [0.2, 0.25) is 0 Å². The van der Waals surface area contributed by atoms with Crippen molar-refractivity contribution in [2.45, 2.75) is 19.1 Å². The summed E-state index contributed by atoms with van der Waals surface area (Å²) in [5.41, 5.74) is 0.565. The Labute approximate surface area is 155 Å². The van der Waals surface area contributed by atoms with Crippen molar-refractivity contribution in [3.8, 4) is 11.5 Å². The van der Waals surface area contributed by atoms with Gasteiger partial charge in [-0.2, -0.15) is 13.2 Å². The fourth-order valence-electron chi connectivity index (χ4n) is 2.60. The lowest BCUT2D eigenvalue weighted by molar-refractivity contribution is -0.137. The fourth-order valence-corrected chi connectivity index (χ4v) is 2.60. The quantitative estimate of drug-likeness (QED) is 0.624. The molecule has 3 rings (SSSR count). The summed E-state index contributed by atoms with van der Waals surface area (Å²) in [6.07, 6.45) is -3.54. The Balaban J connectivity index is 1.64. The molecular weight excluding hydrogens is 359 g/mol. The minimum Gasteiger partial charge on any atom is -0.490 e. The molecule has 0 spiro atoms. The van der Waals surface area contributed by atoms with Crippen LogP contribution in [0, 0.1) is 0 Å². The van der Waals surface area contributed by atoms with Gasteiger partial charge >= 0.3 is 6.18 Å². The van der Waals surface area contributed by atoms with E-state index in [9.17, 15) is 13.2 Å². The van der Waals surface area contributed by atoms with Crippen molar-refractivity contribution in [2.75, 3.05) is 25.6 Å². The largest absolute Gasteiger partial charge is 0.490 e. The van der Waals surface area contributed by atoms with E-state index in [0.29, 0.717) is 36.2 Å². The van der Waals surface area contributed by atoms with E-state index in [2.05, 4.69) is 15.6 Å². The summed E-state index contributed by atoms with van der Waals surface area (Å²) in [7, 11) is 1.59. The Hall–Kier alpha value is -2.90. The van der Waals surface area contributed by atoms with Gasteiger partial charge in [-0.25, -0.2) is 0 Å². The van der Waals surface area contributed by atoms with Gasteiger partial charge in [0.1, 0.15) is 0 Å². The number of alkyl halides is 3. The maximum Gasteiger partial charge on any atom is 0.416 e. The van der Waals surface area contributed by atoms with Gasteiger partial charge in [0.25, 0.3) is 0 Å². The summed E-state index contributed by atoms with van der Waals surface area (Å²) in [6, 6.07) is 10.6. The van der Waals surface area contributed by atoms with Crippen LogP contribution in [0.15, 0.2) is 47.5 Å². The zero-order valence-corrected chi connectivity index (χ0v) is 14.8. The Morgan fingerprint density at radius 1 is 1.07 bits per heavy atom. The molecule has 27 heavy (non-hydrogen) atoms. The number of anilines is 1. The minimum absolute atomic E-state index is 0.203. The Bertz CT molecular complexity index is 822. The van der Waals surface area contributed by atoms with E-state index in [0.717, 1.165) is 24.2 Å². The highest BCUT2D eigenvalue weighted by molar-refractivity contribution is 5.93. The molecule has 0 saturated heterocycles. The smallest absolute Gasteiger partial charge is 0.416 e. The molecule has 144 valence electrons. The first-order valence-electron chi connectivity index (χ1n) is 8.49. The van der Waals surface area contributed by atoms with Crippen LogP contribution in [-0.2, 0) is 12.7 Å². The summed E-state index contributed by atoms with van der Waals surface area (Å²) < 4.78 is 49.7. The van der Waals surface area contributed by atoms with Crippen LogP contribution in [0.2, 0.25) is 0 Å². The van der Waals surface area contributed by atoms with Crippen molar-refractivity contribution in [2.24, 2.45) is 4.99 Å². The van der Waals surface area contributed by atoms with Crippen molar-refractivity contribution < 1.29 is 22.6 Å². The van der Waals surface area contributed by atoms with Crippen molar-refractivity contribution in [1.29, 1.82) is 0 Å². The number of fused-ring (bicyclic) bond motifs is 1. The van der Waals surface area contributed by atoms with Gasteiger partial charge in [0, 0.05) is 31.8 Å². The number of nitrogens with one attached hydrogen (secondary N) is 2. The summed E-state index contributed by atoms with van der Waals surface area (Å²) in [5, 5.41) is 6.10. The summed E-state index contributed by atoms with van der Waals surface area (Å²) >= 11 is 0. The SMILES string of the molecule is CN=C(NCc1cccc(C(F)(F)F)c1)Nc1ccc2c(c1)OCCCO2. The number of ether oxygens (including phenoxy) is 2. The number of aliphatic imine (C=N–C) groups is 1. The number of guanidine groups is 1. The summed E-state index contributed by atoms with van der Waals surface area (Å²) in [4.78, 5) is 4.10. The van der Waals surface area contributed by atoms with E-state index in [1.807, 2.05) is 12.1 Å². The van der Waals surface area contributed by atoms with Gasteiger partial charge in [0.15, 0.2) is 17.5 Å². The van der Waals surface area contributed by atoms with E-state index in [1.165, 1.54) is 6.07 Å². The van der Waals surface area contributed by atoms with E-state index < -0.39 is 11.7 Å². The van der Waals surface area contributed by atoms with Crippen molar-refractivity contribution >= 4 is 11.6 Å². The molecule has 0 amide bonds. The Morgan fingerprint density at radius 2 is 1.85 bits per heavy atom. The number of hydrogen-bond acceptors (Lipinski definition) is 3. The maximum absolute atomic E-state index is 12.8. The monoisotopic (exact) mass is 379 g/mol. The van der Waals surface area contributed by atoms with Gasteiger partial charge in [-0.1, -0.05) is 12.1 Å². The third-order valence-electron chi connectivity index (χ3n) is 3.95. The summed E-state index contributed by atoms with van der Waals surface area (Å²) in [5.74, 6) is 1.76. The molecule has 0 aromatic heterocycles. The number of rotatable bonds is 3. The molecule has 2 N–H and O–H groups in total. The van der Waals surface area contributed by atoms with E-state index in [-0.39, 0.29) is 6.54 Å². The molecule has 1 aliphatic heterocycles. The molecule has 2 aromatic rings. The highest BCUT2D eigenvalue weighted by Gasteiger charge is 2.30. The predicted octanol–water partition coefficient (Wildman–Crippen LogP) is 4.05. The molecule has 1 aliphatic rings. The molecule has 0 atom stereocenters. The molecule has 0 radical (unpaired) electrons. The van der Waals surface area contributed by atoms with Gasteiger partial charge in [0.05, 0.1) is 18.8 Å². The lowest BCUT2D eigenvalue weighted by atomic mass is 10.1. The third kappa shape index (κ3) is 5.06. The molecule has 0 bridgehead atoms. The Morgan fingerprint density at radius 3 is 2.59 bits per heavy atom. The number of nitrogens with zero attached hydrogens (tertiary/aromatic N) is 1. The topological polar surface area (TPSA) is 54.9 Å². The van der Waals surface area contributed by atoms with Gasteiger partial charge < -0.3 is 20.1 Å². The average Bonchev–Trinajstić information content (AvgIpc) is 2.89. The molecular formula is C19H20F3N3O2. The van der Waals surface area contributed by atoms with Crippen LogP contribution < -0.4 is 20.1 Å². The minimum atomic E-state index is -4.36. The lowest BCUT2D eigenvalue weighted by Crippen LogP contribution is -2.30. The highest BCUT2D eigenvalue weighted by Crippen LogP contribution is 2.32. The zero-order chi connectivity index (χ0) is 19.3.